The molecule has 2 bridgehead atoms. The van der Waals surface area contributed by atoms with Crippen molar-refractivity contribution in [3.8, 4) is 0 Å². The first-order valence-electron chi connectivity index (χ1n) is 6.39. The SMILES string of the molecule is CC(C)(C)NC(=O)[C@H]1[C@@H]2C[C@@H]3[C@@H]1C(=O)O[C@@H]3C2. The van der Waals surface area contributed by atoms with Crippen LogP contribution >= 0.6 is 0 Å². The number of esters is 1. The van der Waals surface area contributed by atoms with Gasteiger partial charge in [0, 0.05) is 11.5 Å². The van der Waals surface area contributed by atoms with Crippen LogP contribution in [0.3, 0.4) is 0 Å². The van der Waals surface area contributed by atoms with Gasteiger partial charge in [0.2, 0.25) is 5.91 Å². The second-order valence-electron chi connectivity index (χ2n) is 6.66. The summed E-state index contributed by atoms with van der Waals surface area (Å²) in [5, 5.41) is 3.00. The summed E-state index contributed by atoms with van der Waals surface area (Å²) in [5.74, 6) is 0.236. The molecule has 94 valence electrons. The van der Waals surface area contributed by atoms with Crippen LogP contribution in [0.25, 0.3) is 0 Å². The third-order valence-electron chi connectivity index (χ3n) is 4.28. The Morgan fingerprint density at radius 1 is 1.35 bits per heavy atom. The predicted molar refractivity (Wildman–Crippen MR) is 61.0 cm³/mol. The lowest BCUT2D eigenvalue weighted by Gasteiger charge is -2.28. The molecule has 0 aromatic rings. The van der Waals surface area contributed by atoms with Crippen LogP contribution in [0.2, 0.25) is 0 Å². The van der Waals surface area contributed by atoms with Crippen LogP contribution in [-0.4, -0.2) is 23.5 Å². The van der Waals surface area contributed by atoms with Crippen molar-refractivity contribution in [2.24, 2.45) is 23.7 Å². The average molecular weight is 237 g/mol. The highest BCUT2D eigenvalue weighted by atomic mass is 16.6. The Bertz CT molecular complexity index is 383. The van der Waals surface area contributed by atoms with Crippen LogP contribution in [0.1, 0.15) is 33.6 Å². The summed E-state index contributed by atoms with van der Waals surface area (Å²) in [6.07, 6.45) is 1.98. The number of fused-ring (bicyclic) bond motifs is 1. The van der Waals surface area contributed by atoms with Gasteiger partial charge in [-0.1, -0.05) is 0 Å². The second-order valence-corrected chi connectivity index (χ2v) is 6.66. The Morgan fingerprint density at radius 3 is 2.71 bits per heavy atom. The van der Waals surface area contributed by atoms with Crippen LogP contribution in [0, 0.1) is 23.7 Å². The van der Waals surface area contributed by atoms with Gasteiger partial charge in [0.25, 0.3) is 0 Å². The van der Waals surface area contributed by atoms with E-state index in [9.17, 15) is 9.59 Å². The molecular weight excluding hydrogens is 218 g/mol. The average Bonchev–Trinajstić information content (AvgIpc) is 2.73. The first kappa shape index (κ1) is 11.1. The van der Waals surface area contributed by atoms with Crippen LogP contribution in [0.5, 0.6) is 0 Å². The van der Waals surface area contributed by atoms with Crippen LogP contribution < -0.4 is 5.32 Å². The number of ether oxygens (including phenoxy) is 1. The lowest BCUT2D eigenvalue weighted by molar-refractivity contribution is -0.146. The highest BCUT2D eigenvalue weighted by Crippen LogP contribution is 2.57. The maximum atomic E-state index is 12.3. The maximum absolute atomic E-state index is 12.3. The number of hydrogen-bond donors (Lipinski definition) is 1. The quantitative estimate of drug-likeness (QED) is 0.695. The predicted octanol–water partition coefficient (Wildman–Crippen LogP) is 1.10. The summed E-state index contributed by atoms with van der Waals surface area (Å²) in [4.78, 5) is 24.0. The minimum atomic E-state index is -0.235. The molecule has 1 saturated heterocycles. The number of carbonyl (C=O) groups excluding carboxylic acids is 2. The zero-order valence-corrected chi connectivity index (χ0v) is 10.5. The van der Waals surface area contributed by atoms with Gasteiger partial charge in [0.15, 0.2) is 0 Å². The Kier molecular flexibility index (Phi) is 2.11. The molecule has 2 saturated carbocycles. The molecule has 5 atom stereocenters. The van der Waals surface area contributed by atoms with Crippen molar-refractivity contribution in [1.29, 1.82) is 0 Å². The summed E-state index contributed by atoms with van der Waals surface area (Å²) in [5.41, 5.74) is -0.235. The first-order chi connectivity index (χ1) is 7.87. The van der Waals surface area contributed by atoms with Crippen LogP contribution in [0.15, 0.2) is 0 Å². The van der Waals surface area contributed by atoms with Gasteiger partial charge in [-0.2, -0.15) is 0 Å². The molecule has 0 unspecified atom stereocenters. The summed E-state index contributed by atoms with van der Waals surface area (Å²) >= 11 is 0. The van der Waals surface area contributed by atoms with Crippen molar-refractivity contribution >= 4 is 11.9 Å². The molecule has 3 fully saturated rings. The number of carbonyl (C=O) groups is 2. The van der Waals surface area contributed by atoms with Crippen LogP contribution in [0.4, 0.5) is 0 Å². The van der Waals surface area contributed by atoms with Gasteiger partial charge in [0.05, 0.1) is 11.8 Å². The van der Waals surface area contributed by atoms with Crippen molar-refractivity contribution < 1.29 is 14.3 Å². The Morgan fingerprint density at radius 2 is 2.06 bits per heavy atom. The molecule has 3 rings (SSSR count). The molecule has 1 aliphatic heterocycles. The highest BCUT2D eigenvalue weighted by molar-refractivity contribution is 5.88. The molecule has 0 aromatic carbocycles. The third kappa shape index (κ3) is 1.57. The van der Waals surface area contributed by atoms with Crippen molar-refractivity contribution in [2.45, 2.75) is 45.3 Å². The molecule has 1 N–H and O–H groups in total. The zero-order chi connectivity index (χ0) is 12.4. The van der Waals surface area contributed by atoms with E-state index in [2.05, 4.69) is 5.32 Å². The van der Waals surface area contributed by atoms with Gasteiger partial charge in [-0.05, 0) is 39.5 Å². The topological polar surface area (TPSA) is 55.4 Å². The van der Waals surface area contributed by atoms with Crippen molar-refractivity contribution in [1.82, 2.24) is 5.32 Å². The fraction of sp³-hybridized carbons (Fsp3) is 0.846. The largest absolute Gasteiger partial charge is 0.462 e. The van der Waals surface area contributed by atoms with Crippen molar-refractivity contribution in [3.63, 3.8) is 0 Å². The van der Waals surface area contributed by atoms with Crippen molar-refractivity contribution in [2.75, 3.05) is 0 Å². The summed E-state index contributed by atoms with van der Waals surface area (Å²) < 4.78 is 5.33. The van der Waals surface area contributed by atoms with Gasteiger partial charge < -0.3 is 10.1 Å². The van der Waals surface area contributed by atoms with E-state index in [0.717, 1.165) is 12.8 Å². The van der Waals surface area contributed by atoms with Crippen molar-refractivity contribution in [3.05, 3.63) is 0 Å². The molecule has 3 aliphatic rings. The summed E-state index contributed by atoms with van der Waals surface area (Å²) in [7, 11) is 0. The van der Waals surface area contributed by atoms with E-state index in [1.807, 2.05) is 20.8 Å². The Labute approximate surface area is 101 Å². The zero-order valence-electron chi connectivity index (χ0n) is 10.5. The molecule has 0 aromatic heterocycles. The number of hydrogen-bond acceptors (Lipinski definition) is 3. The summed E-state index contributed by atoms with van der Waals surface area (Å²) in [6, 6.07) is 0. The fourth-order valence-electron chi connectivity index (χ4n) is 3.82. The van der Waals surface area contributed by atoms with E-state index < -0.39 is 0 Å². The third-order valence-corrected chi connectivity index (χ3v) is 4.28. The summed E-state index contributed by atoms with van der Waals surface area (Å²) in [6.45, 7) is 5.90. The first-order valence-corrected chi connectivity index (χ1v) is 6.39. The van der Waals surface area contributed by atoms with E-state index in [0.29, 0.717) is 11.8 Å². The lowest BCUT2D eigenvalue weighted by atomic mass is 9.79. The van der Waals surface area contributed by atoms with E-state index >= 15 is 0 Å². The lowest BCUT2D eigenvalue weighted by Crippen LogP contribution is -2.47. The van der Waals surface area contributed by atoms with E-state index in [4.69, 9.17) is 4.74 Å². The smallest absolute Gasteiger partial charge is 0.310 e. The van der Waals surface area contributed by atoms with E-state index in [-0.39, 0.29) is 35.4 Å². The number of rotatable bonds is 1. The normalized spacial score (nSPS) is 42.8. The molecule has 4 heteroatoms. The van der Waals surface area contributed by atoms with Crippen LogP contribution in [-0.2, 0) is 14.3 Å². The van der Waals surface area contributed by atoms with Gasteiger partial charge in [-0.25, -0.2) is 0 Å². The molecule has 2 aliphatic carbocycles. The fourth-order valence-corrected chi connectivity index (χ4v) is 3.82. The number of amides is 1. The molecule has 0 radical (unpaired) electrons. The maximum Gasteiger partial charge on any atom is 0.310 e. The van der Waals surface area contributed by atoms with Gasteiger partial charge in [-0.15, -0.1) is 0 Å². The monoisotopic (exact) mass is 237 g/mol. The standard InChI is InChI=1S/C13H19NO3/c1-13(2,3)14-11(15)9-6-4-7-8(5-6)17-12(16)10(7)9/h6-10H,4-5H2,1-3H3,(H,14,15)/t6-,7+,8-,9+,10+/m1/s1. The molecule has 0 spiro atoms. The van der Waals surface area contributed by atoms with E-state index in [1.54, 1.807) is 0 Å². The highest BCUT2D eigenvalue weighted by Gasteiger charge is 2.64. The van der Waals surface area contributed by atoms with Gasteiger partial charge in [-0.3, -0.25) is 9.59 Å². The molecule has 1 heterocycles. The minimum absolute atomic E-state index is 0.0345. The molecule has 4 nitrogen and oxygen atoms in total. The van der Waals surface area contributed by atoms with Gasteiger partial charge >= 0.3 is 5.97 Å². The molecule has 1 amide bonds. The molecular formula is C13H19NO3. The number of nitrogens with one attached hydrogen (secondary N) is 1. The van der Waals surface area contributed by atoms with Gasteiger partial charge in [0.1, 0.15) is 6.10 Å². The Balaban J connectivity index is 1.81. The minimum Gasteiger partial charge on any atom is -0.462 e. The van der Waals surface area contributed by atoms with E-state index in [1.165, 1.54) is 0 Å². The molecule has 17 heavy (non-hydrogen) atoms. The Hall–Kier alpha value is -1.06. The second kappa shape index (κ2) is 3.24.